The molecule has 2 aromatic heterocycles. The number of rotatable bonds is 8. The number of aromatic nitrogens is 3. The number of nitrogen functional groups attached to an aromatic ring is 1. The lowest BCUT2D eigenvalue weighted by atomic mass is 10.0. The third kappa shape index (κ3) is 6.40. The molecule has 0 spiro atoms. The van der Waals surface area contributed by atoms with E-state index in [2.05, 4.69) is 20.3 Å². The van der Waals surface area contributed by atoms with Gasteiger partial charge in [0.25, 0.3) is 5.91 Å². The number of piperidine rings is 2. The van der Waals surface area contributed by atoms with Crippen molar-refractivity contribution in [1.82, 2.24) is 29.9 Å². The molecule has 0 bridgehead atoms. The molecule has 3 N–H and O–H groups in total. The first kappa shape index (κ1) is 33.9. The molecule has 50 heavy (non-hydrogen) atoms. The average molecular weight is 725 g/mol. The number of ether oxygens (including phenoxy) is 1. The molecular formula is C35H33Cl2F2N7O4. The van der Waals surface area contributed by atoms with Crippen LogP contribution < -0.4 is 15.8 Å². The number of carbonyl (C=O) groups is 3. The lowest BCUT2D eigenvalue weighted by Crippen LogP contribution is -2.52. The van der Waals surface area contributed by atoms with Crippen LogP contribution in [0.25, 0.3) is 11.1 Å². The van der Waals surface area contributed by atoms with E-state index in [1.165, 1.54) is 17.0 Å². The van der Waals surface area contributed by atoms with E-state index in [1.807, 2.05) is 10.9 Å². The van der Waals surface area contributed by atoms with Crippen LogP contribution in [0.3, 0.4) is 0 Å². The summed E-state index contributed by atoms with van der Waals surface area (Å²) in [4.78, 5) is 44.8. The van der Waals surface area contributed by atoms with E-state index < -0.39 is 35.6 Å². The molecule has 2 unspecified atom stereocenters. The Kier molecular flexibility index (Phi) is 9.22. The normalized spacial score (nSPS) is 19.1. The van der Waals surface area contributed by atoms with Gasteiger partial charge < -0.3 is 15.4 Å². The average Bonchev–Trinajstić information content (AvgIpc) is 3.71. The Hall–Kier alpha value is -4.59. The summed E-state index contributed by atoms with van der Waals surface area (Å²) in [6, 6.07) is 6.97. The number of carbonyl (C=O) groups excluding carboxylic acids is 3. The van der Waals surface area contributed by atoms with Crippen molar-refractivity contribution >= 4 is 46.7 Å². The molecule has 0 radical (unpaired) electrons. The van der Waals surface area contributed by atoms with Crippen LogP contribution in [-0.2, 0) is 22.7 Å². The van der Waals surface area contributed by atoms with Crippen LogP contribution in [0.15, 0.2) is 48.9 Å². The Morgan fingerprint density at radius 1 is 1.06 bits per heavy atom. The fourth-order valence-corrected chi connectivity index (χ4v) is 7.59. The summed E-state index contributed by atoms with van der Waals surface area (Å²) in [6.45, 7) is 3.49. The van der Waals surface area contributed by atoms with E-state index in [0.29, 0.717) is 36.5 Å². The fraction of sp³-hybridized carbons (Fsp3) is 0.343. The van der Waals surface area contributed by atoms with Crippen LogP contribution in [0.5, 0.6) is 5.75 Å². The van der Waals surface area contributed by atoms with E-state index in [0.717, 1.165) is 24.0 Å². The van der Waals surface area contributed by atoms with Crippen molar-refractivity contribution in [2.75, 3.05) is 18.8 Å². The zero-order valence-corrected chi connectivity index (χ0v) is 28.5. The van der Waals surface area contributed by atoms with Crippen LogP contribution in [0.2, 0.25) is 10.0 Å². The van der Waals surface area contributed by atoms with Crippen molar-refractivity contribution in [2.45, 2.75) is 63.9 Å². The van der Waals surface area contributed by atoms with Crippen molar-refractivity contribution in [3.8, 4) is 16.9 Å². The van der Waals surface area contributed by atoms with Gasteiger partial charge in [-0.3, -0.25) is 29.3 Å². The lowest BCUT2D eigenvalue weighted by Gasteiger charge is -2.32. The number of likely N-dealkylation sites (tertiary alicyclic amines) is 1. The predicted molar refractivity (Wildman–Crippen MR) is 181 cm³/mol. The van der Waals surface area contributed by atoms with Gasteiger partial charge in [0.2, 0.25) is 11.8 Å². The van der Waals surface area contributed by atoms with Gasteiger partial charge in [-0.15, -0.1) is 0 Å². The molecule has 5 heterocycles. The number of nitrogens with two attached hydrogens (primary N) is 1. The molecule has 3 aliphatic heterocycles. The number of imide groups is 1. The molecule has 3 amide bonds. The Labute approximate surface area is 296 Å². The number of hydrogen-bond acceptors (Lipinski definition) is 8. The number of amides is 3. The van der Waals surface area contributed by atoms with Crippen molar-refractivity contribution in [2.24, 2.45) is 0 Å². The first-order valence-electron chi connectivity index (χ1n) is 16.3. The predicted octanol–water partition coefficient (Wildman–Crippen LogP) is 5.85. The van der Waals surface area contributed by atoms with E-state index in [4.69, 9.17) is 33.7 Å². The summed E-state index contributed by atoms with van der Waals surface area (Å²) in [5, 5.41) is 7.03. The van der Waals surface area contributed by atoms with E-state index >= 15 is 4.39 Å². The van der Waals surface area contributed by atoms with Gasteiger partial charge in [0, 0.05) is 76.9 Å². The molecule has 0 saturated carbocycles. The van der Waals surface area contributed by atoms with Crippen LogP contribution in [0, 0.1) is 11.6 Å². The van der Waals surface area contributed by atoms with Gasteiger partial charge in [-0.1, -0.05) is 29.3 Å². The standard InChI is InChI=1S/C35H33Cl2F2N7O4/c1-18(30-25(36)4-5-26(38)31(30)37)50-28-12-20(13-41-33(28)40)21-14-42-46(16-21)22-8-10-44(11-9-22)15-19-2-3-23-24(32(19)39)17-45(35(23)49)27-6-7-29(47)43-34(27)48/h2-5,12-14,16,18,22,27H,6-11,15,17H2,1H3,(H2,40,41)(H,43,47,48). The third-order valence-corrected chi connectivity index (χ3v) is 10.4. The monoisotopic (exact) mass is 723 g/mol. The van der Waals surface area contributed by atoms with Gasteiger partial charge in [0.1, 0.15) is 23.8 Å². The zero-order valence-electron chi connectivity index (χ0n) is 27.0. The van der Waals surface area contributed by atoms with Gasteiger partial charge in [0.05, 0.1) is 23.8 Å². The summed E-state index contributed by atoms with van der Waals surface area (Å²) < 4.78 is 37.8. The number of nitrogens with one attached hydrogen (secondary N) is 1. The highest BCUT2D eigenvalue weighted by molar-refractivity contribution is 6.36. The Bertz CT molecular complexity index is 2020. The number of nitrogens with zero attached hydrogens (tertiary/aromatic N) is 5. The molecule has 2 saturated heterocycles. The summed E-state index contributed by atoms with van der Waals surface area (Å²) >= 11 is 12.5. The van der Waals surface area contributed by atoms with Gasteiger partial charge in [-0.25, -0.2) is 13.8 Å². The molecule has 3 aliphatic rings. The Balaban J connectivity index is 0.979. The highest BCUT2D eigenvalue weighted by atomic mass is 35.5. The Morgan fingerprint density at radius 2 is 1.84 bits per heavy atom. The maximum atomic E-state index is 15.7. The molecule has 15 heteroatoms. The van der Waals surface area contributed by atoms with E-state index in [-0.39, 0.29) is 58.3 Å². The first-order chi connectivity index (χ1) is 24.0. The molecule has 11 nitrogen and oxygen atoms in total. The van der Waals surface area contributed by atoms with Crippen molar-refractivity contribution in [1.29, 1.82) is 0 Å². The smallest absolute Gasteiger partial charge is 0.255 e. The minimum absolute atomic E-state index is 0.00426. The number of pyridine rings is 1. The lowest BCUT2D eigenvalue weighted by molar-refractivity contribution is -0.136. The summed E-state index contributed by atoms with van der Waals surface area (Å²) in [5.41, 5.74) is 8.99. The van der Waals surface area contributed by atoms with Crippen LogP contribution in [0.4, 0.5) is 14.6 Å². The third-order valence-electron chi connectivity index (χ3n) is 9.66. The summed E-state index contributed by atoms with van der Waals surface area (Å²) in [5.74, 6) is -1.88. The highest BCUT2D eigenvalue weighted by Crippen LogP contribution is 2.38. The van der Waals surface area contributed by atoms with E-state index in [1.54, 1.807) is 37.5 Å². The van der Waals surface area contributed by atoms with Gasteiger partial charge >= 0.3 is 0 Å². The zero-order chi connectivity index (χ0) is 35.3. The van der Waals surface area contributed by atoms with Gasteiger partial charge in [0.15, 0.2) is 11.6 Å². The topological polar surface area (TPSA) is 136 Å². The second kappa shape index (κ2) is 13.6. The molecule has 7 rings (SSSR count). The summed E-state index contributed by atoms with van der Waals surface area (Å²) in [6.07, 6.45) is 6.53. The first-order valence-corrected chi connectivity index (χ1v) is 17.0. The van der Waals surface area contributed by atoms with Crippen LogP contribution >= 0.6 is 23.2 Å². The maximum absolute atomic E-state index is 15.7. The minimum atomic E-state index is -0.793. The van der Waals surface area contributed by atoms with Crippen molar-refractivity contribution < 1.29 is 27.9 Å². The van der Waals surface area contributed by atoms with Crippen LogP contribution in [-0.4, -0.2) is 61.4 Å². The number of fused-ring (bicyclic) bond motifs is 1. The number of halogens is 4. The van der Waals surface area contributed by atoms with Gasteiger partial charge in [-0.05, 0) is 50.5 Å². The van der Waals surface area contributed by atoms with E-state index in [9.17, 15) is 18.8 Å². The molecule has 260 valence electrons. The summed E-state index contributed by atoms with van der Waals surface area (Å²) in [7, 11) is 0. The minimum Gasteiger partial charge on any atom is -0.482 e. The molecule has 2 aromatic carbocycles. The molecular weight excluding hydrogens is 691 g/mol. The molecule has 2 fully saturated rings. The Morgan fingerprint density at radius 3 is 2.60 bits per heavy atom. The number of benzene rings is 2. The van der Waals surface area contributed by atoms with Crippen molar-refractivity contribution in [3.05, 3.63) is 92.9 Å². The number of hydrogen-bond donors (Lipinski definition) is 2. The maximum Gasteiger partial charge on any atom is 0.255 e. The fourth-order valence-electron chi connectivity index (χ4n) is 6.92. The largest absolute Gasteiger partial charge is 0.482 e. The van der Waals surface area contributed by atoms with Crippen molar-refractivity contribution in [3.63, 3.8) is 0 Å². The quantitative estimate of drug-likeness (QED) is 0.171. The van der Waals surface area contributed by atoms with Crippen LogP contribution in [0.1, 0.15) is 71.8 Å². The molecule has 4 aromatic rings. The second-order valence-electron chi connectivity index (χ2n) is 12.8. The second-order valence-corrected chi connectivity index (χ2v) is 13.6. The van der Waals surface area contributed by atoms with Gasteiger partial charge in [-0.2, -0.15) is 5.10 Å². The molecule has 2 atom stereocenters. The highest BCUT2D eigenvalue weighted by Gasteiger charge is 2.40. The molecule has 0 aliphatic carbocycles. The SMILES string of the molecule is CC(Oc1cc(-c2cnn(C3CCN(Cc4ccc5c(c4F)CN(C4CCC(=O)NC4=O)C5=O)CC3)c2)cnc1N)c1c(Cl)ccc(F)c1Cl. The number of anilines is 1.